The van der Waals surface area contributed by atoms with Crippen LogP contribution in [0.4, 0.5) is 0 Å². The van der Waals surface area contributed by atoms with E-state index in [9.17, 15) is 0 Å². The second-order valence-electron chi connectivity index (χ2n) is 8.43. The number of rotatable bonds is 5. The van der Waals surface area contributed by atoms with Crippen LogP contribution >= 0.6 is 7.92 Å². The minimum Gasteiger partial charge on any atom is -0.345 e. The van der Waals surface area contributed by atoms with E-state index in [0.717, 1.165) is 22.5 Å². The molecule has 0 aliphatic heterocycles. The Morgan fingerprint density at radius 3 is 1.11 bits per heavy atom. The first-order valence-corrected chi connectivity index (χ1v) is 13.8. The summed E-state index contributed by atoms with van der Waals surface area (Å²) in [5.41, 5.74) is 3.89. The van der Waals surface area contributed by atoms with Crippen LogP contribution < -0.4 is 15.9 Å². The zero-order valence-corrected chi connectivity index (χ0v) is 23.9. The van der Waals surface area contributed by atoms with E-state index in [1.807, 2.05) is 66.7 Å². The quantitative estimate of drug-likeness (QED) is 0.106. The van der Waals surface area contributed by atoms with Gasteiger partial charge in [0, 0.05) is 22.4 Å². The van der Waals surface area contributed by atoms with Crippen molar-refractivity contribution >= 4 is 23.8 Å². The molecule has 0 fully saturated rings. The zero-order chi connectivity index (χ0) is 25.1. The van der Waals surface area contributed by atoms with Crippen molar-refractivity contribution in [3.05, 3.63) is 170 Å². The van der Waals surface area contributed by atoms with Crippen molar-refractivity contribution in [2.45, 2.75) is 0 Å². The van der Waals surface area contributed by atoms with Gasteiger partial charge < -0.3 is 4.98 Å². The van der Waals surface area contributed by atoms with Gasteiger partial charge in [0.1, 0.15) is 15.9 Å². The largest absolute Gasteiger partial charge is 0.345 e. The first-order chi connectivity index (χ1) is 18.4. The molecule has 6 rings (SSSR count). The van der Waals surface area contributed by atoms with E-state index in [0.29, 0.717) is 0 Å². The molecule has 0 saturated heterocycles. The number of hydrogen-bond donors (Lipinski definition) is 0. The second kappa shape index (κ2) is 14.4. The van der Waals surface area contributed by atoms with Gasteiger partial charge >= 0.3 is 0 Å². The summed E-state index contributed by atoms with van der Waals surface area (Å²) in [6.07, 6.45) is 0. The summed E-state index contributed by atoms with van der Waals surface area (Å²) in [5, 5.41) is 4.31. The zero-order valence-electron chi connectivity index (χ0n) is 20.8. The number of hydrogen-bond acceptors (Lipinski definition) is 1. The summed E-state index contributed by atoms with van der Waals surface area (Å²) in [5.74, 6) is 0. The Bertz CT molecular complexity index is 1340. The van der Waals surface area contributed by atoms with E-state index in [-0.39, 0.29) is 22.4 Å². The molecule has 0 saturated carbocycles. The Morgan fingerprint density at radius 2 is 0.763 bits per heavy atom. The van der Waals surface area contributed by atoms with Gasteiger partial charge in [-0.2, -0.15) is 0 Å². The van der Waals surface area contributed by atoms with Gasteiger partial charge in [0.2, 0.25) is 0 Å². The molecule has 1 nitrogen and oxygen atoms in total. The monoisotopic (exact) mass is 689 g/mol. The summed E-state index contributed by atoms with van der Waals surface area (Å²) in [6.45, 7) is 0. The van der Waals surface area contributed by atoms with E-state index >= 15 is 0 Å². The summed E-state index contributed by atoms with van der Waals surface area (Å²) >= 11 is 0. The van der Waals surface area contributed by atoms with Gasteiger partial charge in [0.05, 0.1) is 7.92 Å². The fraction of sp³-hybridized carbons (Fsp3) is 0. The topological polar surface area (TPSA) is 12.9 Å². The molecule has 0 N–H and O–H groups in total. The van der Waals surface area contributed by atoms with Crippen molar-refractivity contribution in [3.8, 4) is 22.5 Å². The van der Waals surface area contributed by atoms with Crippen LogP contribution in [0.1, 0.15) is 0 Å². The number of nitrogens with zero attached hydrogens (tertiary/aromatic N) is 1. The van der Waals surface area contributed by atoms with Crippen molar-refractivity contribution in [2.24, 2.45) is 0 Å². The third-order valence-electron chi connectivity index (χ3n) is 5.91. The molecule has 0 aliphatic carbocycles. The Balaban J connectivity index is 0.000000173. The number of benzene rings is 5. The molecule has 0 spiro atoms. The second-order valence-corrected chi connectivity index (χ2v) is 10.9. The maximum absolute atomic E-state index is 4.65. The average molecular weight is 690 g/mol. The molecule has 0 bridgehead atoms. The van der Waals surface area contributed by atoms with Gasteiger partial charge in [-0.05, 0) is 47.8 Å². The van der Waals surface area contributed by atoms with Crippen molar-refractivity contribution in [1.29, 1.82) is 0 Å². The molecular formula is C35H27AuNP-. The fourth-order valence-corrected chi connectivity index (χ4v) is 6.73. The average Bonchev–Trinajstić information content (AvgIpc) is 3.00. The van der Waals surface area contributed by atoms with Crippen LogP contribution in [-0.2, 0) is 22.4 Å². The van der Waals surface area contributed by atoms with Crippen molar-refractivity contribution in [1.82, 2.24) is 4.98 Å². The Hall–Kier alpha value is -3.58. The first-order valence-electron chi connectivity index (χ1n) is 12.3. The molecule has 38 heavy (non-hydrogen) atoms. The molecule has 0 unspecified atom stereocenters. The number of aromatic nitrogens is 1. The third-order valence-corrected chi connectivity index (χ3v) is 8.64. The maximum Gasteiger partial charge on any atom is 0.102 e. The summed E-state index contributed by atoms with van der Waals surface area (Å²) in [7, 11) is -0.877. The Morgan fingerprint density at radius 1 is 0.395 bits per heavy atom. The van der Waals surface area contributed by atoms with E-state index < -0.39 is 7.92 Å². The predicted octanol–water partition coefficient (Wildman–Crippen LogP) is 7.19. The van der Waals surface area contributed by atoms with E-state index in [2.05, 4.69) is 108 Å². The maximum atomic E-state index is 4.65. The molecular weight excluding hydrogens is 662 g/mol. The minimum atomic E-state index is -0.877. The van der Waals surface area contributed by atoms with E-state index in [4.69, 9.17) is 0 Å². The molecule has 6 aromatic rings. The van der Waals surface area contributed by atoms with Crippen molar-refractivity contribution < 1.29 is 22.4 Å². The van der Waals surface area contributed by atoms with Crippen LogP contribution in [0, 0.1) is 12.1 Å². The molecule has 0 amide bonds. The summed E-state index contributed by atoms with van der Waals surface area (Å²) in [4.78, 5) is 4.65. The van der Waals surface area contributed by atoms with Crippen LogP contribution in [0.25, 0.3) is 22.5 Å². The third kappa shape index (κ3) is 7.25. The van der Waals surface area contributed by atoms with Gasteiger partial charge in [0.25, 0.3) is 0 Å². The molecule has 0 atom stereocenters. The van der Waals surface area contributed by atoms with Gasteiger partial charge in [-0.1, -0.05) is 72.8 Å². The normalized spacial score (nSPS) is 10.1. The summed E-state index contributed by atoms with van der Waals surface area (Å²) in [6, 6.07) is 60.6. The van der Waals surface area contributed by atoms with Gasteiger partial charge in [-0.25, -0.2) is 0 Å². The van der Waals surface area contributed by atoms with Crippen LogP contribution in [0.5, 0.6) is 0 Å². The van der Waals surface area contributed by atoms with Crippen LogP contribution in [0.2, 0.25) is 0 Å². The van der Waals surface area contributed by atoms with E-state index in [1.54, 1.807) is 0 Å². The molecule has 0 aliphatic rings. The predicted molar refractivity (Wildman–Crippen MR) is 159 cm³/mol. The van der Waals surface area contributed by atoms with Crippen molar-refractivity contribution in [2.75, 3.05) is 0 Å². The van der Waals surface area contributed by atoms with Gasteiger partial charge in [-0.15, -0.1) is 71.8 Å². The first kappa shape index (κ1) is 27.5. The van der Waals surface area contributed by atoms with Crippen molar-refractivity contribution in [3.63, 3.8) is 0 Å². The standard InChI is InChI=1S/C18H15P.C17H11N.Au/c1-4-10-16(11-5-1)19(17-12-6-2-7-13-17)18-14-8-3-9-15-18;1-3-8-14(9-4-1)16-12-7-13-17(18-16)15-10-5-2-6-11-15;/h1-15H;1-8,10,12-13H;/q;-2;/p+1. The molecule has 3 heteroatoms. The number of pyridine rings is 1. The van der Waals surface area contributed by atoms with Gasteiger partial charge in [0.15, 0.2) is 0 Å². The smallest absolute Gasteiger partial charge is 0.102 e. The molecule has 1 heterocycles. The SMILES string of the molecule is [Au].[c-]1ccccc1-c1cccc(-c2[c-]cccc2)n1.c1ccc([PH+](c2ccccc2)c2ccccc2)cc1. The van der Waals surface area contributed by atoms with Crippen LogP contribution in [0.3, 0.4) is 0 Å². The Labute approximate surface area is 242 Å². The molecule has 1 aromatic heterocycles. The van der Waals surface area contributed by atoms with Gasteiger partial charge in [-0.3, -0.25) is 0 Å². The summed E-state index contributed by atoms with van der Waals surface area (Å²) < 4.78 is 0. The molecule has 5 aromatic carbocycles. The van der Waals surface area contributed by atoms with Crippen LogP contribution in [0.15, 0.2) is 158 Å². The fourth-order valence-electron chi connectivity index (χ4n) is 4.15. The molecule has 1 radical (unpaired) electrons. The molecule has 189 valence electrons. The minimum absolute atomic E-state index is 0. The Kier molecular flexibility index (Phi) is 10.4. The van der Waals surface area contributed by atoms with E-state index in [1.165, 1.54) is 15.9 Å². The van der Waals surface area contributed by atoms with Crippen LogP contribution in [-0.4, -0.2) is 4.98 Å².